The smallest absolute Gasteiger partial charge is 0.182 e. The molecule has 0 aliphatic rings. The summed E-state index contributed by atoms with van der Waals surface area (Å²) in [5, 5.41) is 11.5. The van der Waals surface area contributed by atoms with Crippen LogP contribution in [0.5, 0.6) is 0 Å². The molecule has 0 atom stereocenters. The van der Waals surface area contributed by atoms with Gasteiger partial charge in [-0.2, -0.15) is 0 Å². The van der Waals surface area contributed by atoms with Crippen molar-refractivity contribution in [3.63, 3.8) is 0 Å². The van der Waals surface area contributed by atoms with Gasteiger partial charge < -0.3 is 4.42 Å². The summed E-state index contributed by atoms with van der Waals surface area (Å²) in [4.78, 5) is 20.1. The first-order chi connectivity index (χ1) is 26.2. The van der Waals surface area contributed by atoms with Crippen LogP contribution in [-0.2, 0) is 0 Å². The summed E-state index contributed by atoms with van der Waals surface area (Å²) < 4.78 is 6.23. The number of benzene rings is 8. The first-order valence-electron chi connectivity index (χ1n) is 17.7. The van der Waals surface area contributed by atoms with Gasteiger partial charge in [-0.15, -0.1) is 0 Å². The zero-order valence-electron chi connectivity index (χ0n) is 28.4. The van der Waals surface area contributed by atoms with Gasteiger partial charge in [0.15, 0.2) is 17.5 Å². The fourth-order valence-corrected chi connectivity index (χ4v) is 7.84. The molecule has 8 aromatic carbocycles. The molecule has 3 aromatic heterocycles. The standard InChI is InChI=1S/C48H28N4O/c1-2-11-31(12-3-1)46-50-47(52-48(51-46)41-27-40-34(28-49-41)23-22-30-21-20-29-10-4-5-14-36(29)44(30)40)33-24-25-35-32(26-33)13-8-16-37(35)38-17-9-19-43-45(38)39-15-6-7-18-42(39)53-43/h1-28H. The number of aromatic nitrogens is 4. The van der Waals surface area contributed by atoms with Crippen LogP contribution in [0.1, 0.15) is 0 Å². The molecule has 11 rings (SSSR count). The summed E-state index contributed by atoms with van der Waals surface area (Å²) in [6, 6.07) is 56.8. The van der Waals surface area contributed by atoms with E-state index >= 15 is 0 Å². The Hall–Kier alpha value is -7.24. The normalized spacial score (nSPS) is 11.8. The number of fused-ring (bicyclic) bond motifs is 9. The predicted octanol–water partition coefficient (Wildman–Crippen LogP) is 12.4. The number of para-hydroxylation sites is 1. The van der Waals surface area contributed by atoms with Crippen LogP contribution in [0.4, 0.5) is 0 Å². The summed E-state index contributed by atoms with van der Waals surface area (Å²) in [7, 11) is 0. The van der Waals surface area contributed by atoms with E-state index in [0.717, 1.165) is 65.7 Å². The van der Waals surface area contributed by atoms with E-state index in [4.69, 9.17) is 24.4 Å². The molecular weight excluding hydrogens is 649 g/mol. The molecule has 0 bridgehead atoms. The first-order valence-corrected chi connectivity index (χ1v) is 17.7. The molecule has 5 nitrogen and oxygen atoms in total. The number of rotatable bonds is 4. The third-order valence-corrected chi connectivity index (χ3v) is 10.3. The van der Waals surface area contributed by atoms with Crippen molar-refractivity contribution in [3.05, 3.63) is 170 Å². The monoisotopic (exact) mass is 676 g/mol. The van der Waals surface area contributed by atoms with Crippen LogP contribution < -0.4 is 0 Å². The maximum absolute atomic E-state index is 6.23. The highest BCUT2D eigenvalue weighted by molar-refractivity contribution is 6.20. The van der Waals surface area contributed by atoms with Crippen LogP contribution in [0.2, 0.25) is 0 Å². The fourth-order valence-electron chi connectivity index (χ4n) is 7.84. The van der Waals surface area contributed by atoms with Crippen LogP contribution in [0.3, 0.4) is 0 Å². The quantitative estimate of drug-likeness (QED) is 0.174. The Morgan fingerprint density at radius 1 is 0.358 bits per heavy atom. The molecule has 0 aliphatic carbocycles. The summed E-state index contributed by atoms with van der Waals surface area (Å²) in [5.41, 5.74) is 6.57. The predicted molar refractivity (Wildman–Crippen MR) is 217 cm³/mol. The number of hydrogen-bond acceptors (Lipinski definition) is 5. The van der Waals surface area contributed by atoms with Gasteiger partial charge in [0.1, 0.15) is 16.9 Å². The van der Waals surface area contributed by atoms with E-state index in [1.807, 2.05) is 54.7 Å². The Kier molecular flexibility index (Phi) is 6.48. The first kappa shape index (κ1) is 29.5. The highest BCUT2D eigenvalue weighted by Crippen LogP contribution is 2.40. The Labute approximate surface area is 303 Å². The van der Waals surface area contributed by atoms with Crippen molar-refractivity contribution in [3.8, 4) is 45.4 Å². The third kappa shape index (κ3) is 4.79. The van der Waals surface area contributed by atoms with Crippen LogP contribution >= 0.6 is 0 Å². The van der Waals surface area contributed by atoms with Crippen molar-refractivity contribution in [2.24, 2.45) is 0 Å². The minimum absolute atomic E-state index is 0.528. The second-order valence-electron chi connectivity index (χ2n) is 13.4. The summed E-state index contributed by atoms with van der Waals surface area (Å²) in [6.45, 7) is 0. The molecule has 0 aliphatic heterocycles. The molecule has 0 saturated heterocycles. The van der Waals surface area contributed by atoms with E-state index in [0.29, 0.717) is 23.2 Å². The molecule has 53 heavy (non-hydrogen) atoms. The van der Waals surface area contributed by atoms with Crippen LogP contribution in [-0.4, -0.2) is 19.9 Å². The van der Waals surface area contributed by atoms with Gasteiger partial charge in [0, 0.05) is 33.5 Å². The van der Waals surface area contributed by atoms with E-state index in [1.54, 1.807) is 0 Å². The average Bonchev–Trinajstić information content (AvgIpc) is 3.62. The molecule has 11 aromatic rings. The molecule has 0 N–H and O–H groups in total. The summed E-state index contributed by atoms with van der Waals surface area (Å²) in [6.07, 6.45) is 1.93. The molecule has 0 fully saturated rings. The Bertz CT molecular complexity index is 3230. The van der Waals surface area contributed by atoms with Gasteiger partial charge in [-0.05, 0) is 73.1 Å². The SMILES string of the molecule is c1ccc(-c2nc(-c3ccc4c(-c5cccc6oc7ccccc7c56)cccc4c3)nc(-c3cc4c(ccc5ccc6ccccc6c54)cn3)n2)cc1. The van der Waals surface area contributed by atoms with Gasteiger partial charge >= 0.3 is 0 Å². The van der Waals surface area contributed by atoms with E-state index in [-0.39, 0.29) is 0 Å². The maximum atomic E-state index is 6.23. The van der Waals surface area contributed by atoms with Crippen LogP contribution in [0.25, 0.3) is 110 Å². The molecule has 246 valence electrons. The van der Waals surface area contributed by atoms with Crippen molar-refractivity contribution in [2.45, 2.75) is 0 Å². The van der Waals surface area contributed by atoms with Gasteiger partial charge in [0.05, 0.1) is 0 Å². The third-order valence-electron chi connectivity index (χ3n) is 10.3. The number of pyridine rings is 1. The van der Waals surface area contributed by atoms with Gasteiger partial charge in [0.25, 0.3) is 0 Å². The van der Waals surface area contributed by atoms with Gasteiger partial charge in [-0.1, -0.05) is 140 Å². The lowest BCUT2D eigenvalue weighted by atomic mass is 9.94. The van der Waals surface area contributed by atoms with Crippen molar-refractivity contribution < 1.29 is 4.42 Å². The van der Waals surface area contributed by atoms with Gasteiger partial charge in [-0.3, -0.25) is 4.98 Å². The molecule has 0 saturated carbocycles. The summed E-state index contributed by atoms with van der Waals surface area (Å²) >= 11 is 0. The Morgan fingerprint density at radius 3 is 1.94 bits per heavy atom. The molecule has 3 heterocycles. The second kappa shape index (κ2) is 11.7. The van der Waals surface area contributed by atoms with Crippen LogP contribution in [0, 0.1) is 0 Å². The lowest BCUT2D eigenvalue weighted by molar-refractivity contribution is 0.669. The zero-order chi connectivity index (χ0) is 34.9. The Balaban J connectivity index is 1.09. The van der Waals surface area contributed by atoms with Crippen molar-refractivity contribution in [1.29, 1.82) is 0 Å². The molecule has 0 unspecified atom stereocenters. The Morgan fingerprint density at radius 2 is 1.04 bits per heavy atom. The molecule has 0 spiro atoms. The average molecular weight is 677 g/mol. The van der Waals surface area contributed by atoms with Gasteiger partial charge in [0.2, 0.25) is 0 Å². The largest absolute Gasteiger partial charge is 0.456 e. The molecule has 5 heteroatoms. The van der Waals surface area contributed by atoms with E-state index in [9.17, 15) is 0 Å². The van der Waals surface area contributed by atoms with E-state index in [2.05, 4.69) is 115 Å². The number of hydrogen-bond donors (Lipinski definition) is 0. The van der Waals surface area contributed by atoms with E-state index in [1.165, 1.54) is 21.5 Å². The molecular formula is C48H28N4O. The highest BCUT2D eigenvalue weighted by atomic mass is 16.3. The van der Waals surface area contributed by atoms with Crippen molar-refractivity contribution in [1.82, 2.24) is 19.9 Å². The maximum Gasteiger partial charge on any atom is 0.182 e. The topological polar surface area (TPSA) is 64.7 Å². The fraction of sp³-hybridized carbons (Fsp3) is 0. The zero-order valence-corrected chi connectivity index (χ0v) is 28.4. The van der Waals surface area contributed by atoms with Crippen molar-refractivity contribution >= 4 is 65.0 Å². The van der Waals surface area contributed by atoms with E-state index < -0.39 is 0 Å². The summed E-state index contributed by atoms with van der Waals surface area (Å²) in [5.74, 6) is 1.72. The number of furan rings is 1. The van der Waals surface area contributed by atoms with Crippen LogP contribution in [0.15, 0.2) is 174 Å². The minimum atomic E-state index is 0.528. The van der Waals surface area contributed by atoms with Gasteiger partial charge in [-0.25, -0.2) is 15.0 Å². The van der Waals surface area contributed by atoms with Crippen molar-refractivity contribution in [2.75, 3.05) is 0 Å². The molecule has 0 amide bonds. The highest BCUT2D eigenvalue weighted by Gasteiger charge is 2.17. The molecule has 0 radical (unpaired) electrons. The number of nitrogens with zero attached hydrogens (tertiary/aromatic N) is 4. The second-order valence-corrected chi connectivity index (χ2v) is 13.4. The lowest BCUT2D eigenvalue weighted by Crippen LogP contribution is -2.01. The minimum Gasteiger partial charge on any atom is -0.456 e. The lowest BCUT2D eigenvalue weighted by Gasteiger charge is -2.12.